The van der Waals surface area contributed by atoms with E-state index in [4.69, 9.17) is 18.9 Å². The molecule has 0 aromatic rings. The van der Waals surface area contributed by atoms with Gasteiger partial charge in [-0.3, -0.25) is 0 Å². The van der Waals surface area contributed by atoms with Crippen molar-refractivity contribution < 1.29 is 18.9 Å². The van der Waals surface area contributed by atoms with Crippen molar-refractivity contribution in [2.75, 3.05) is 13.6 Å². The summed E-state index contributed by atoms with van der Waals surface area (Å²) in [5, 5.41) is 0. The highest BCUT2D eigenvalue weighted by Crippen LogP contribution is 2.20. The maximum absolute atomic E-state index is 5.00. The first-order valence-electron chi connectivity index (χ1n) is 2.86. The Labute approximate surface area is 57.6 Å². The summed E-state index contributed by atoms with van der Waals surface area (Å²) in [6.07, 6.45) is 3.00. The third kappa shape index (κ3) is 0.775. The van der Waals surface area contributed by atoms with E-state index in [1.54, 1.807) is 0 Å². The molecule has 0 atom stereocenters. The van der Waals surface area contributed by atoms with Crippen LogP contribution in [0, 0.1) is 0 Å². The summed E-state index contributed by atoms with van der Waals surface area (Å²) in [6.45, 7) is 0.520. The van der Waals surface area contributed by atoms with E-state index in [-0.39, 0.29) is 13.6 Å². The molecule has 0 spiro atoms. The summed E-state index contributed by atoms with van der Waals surface area (Å²) in [5.41, 5.74) is 0. The summed E-state index contributed by atoms with van der Waals surface area (Å²) < 4.78 is 19.6. The smallest absolute Gasteiger partial charge is 0.230 e. The van der Waals surface area contributed by atoms with Gasteiger partial charge in [0.2, 0.25) is 25.1 Å². The van der Waals surface area contributed by atoms with Gasteiger partial charge in [0.15, 0.2) is 0 Å². The lowest BCUT2D eigenvalue weighted by molar-refractivity contribution is 0.0559. The van der Waals surface area contributed by atoms with Crippen LogP contribution in [0.3, 0.4) is 0 Å². The standard InChI is InChI=1S/C6H6O4/c1-5(9-3-7-1)6-2-8-4-10-6/h1-2H,3-4H2. The van der Waals surface area contributed by atoms with Crippen LogP contribution < -0.4 is 0 Å². The van der Waals surface area contributed by atoms with E-state index in [9.17, 15) is 0 Å². The number of rotatable bonds is 1. The Kier molecular flexibility index (Phi) is 1.16. The highest BCUT2D eigenvalue weighted by Gasteiger charge is 2.17. The third-order valence-corrected chi connectivity index (χ3v) is 1.19. The van der Waals surface area contributed by atoms with E-state index < -0.39 is 0 Å². The van der Waals surface area contributed by atoms with Crippen molar-refractivity contribution in [3.63, 3.8) is 0 Å². The molecule has 2 rings (SSSR count). The molecule has 0 aromatic heterocycles. The molecule has 2 aliphatic heterocycles. The minimum Gasteiger partial charge on any atom is -0.461 e. The van der Waals surface area contributed by atoms with Gasteiger partial charge in [0, 0.05) is 0 Å². The average Bonchev–Trinajstić information content (AvgIpc) is 2.59. The normalized spacial score (nSPS) is 21.6. The molecule has 2 aliphatic rings. The second-order valence-electron chi connectivity index (χ2n) is 1.82. The van der Waals surface area contributed by atoms with Gasteiger partial charge < -0.3 is 18.9 Å². The zero-order valence-electron chi connectivity index (χ0n) is 5.20. The molecule has 0 N–H and O–H groups in total. The van der Waals surface area contributed by atoms with E-state index >= 15 is 0 Å². The first-order chi connectivity index (χ1) is 4.97. The topological polar surface area (TPSA) is 36.9 Å². The molecule has 0 saturated carbocycles. The minimum absolute atomic E-state index is 0.260. The van der Waals surface area contributed by atoms with Gasteiger partial charge in [0.05, 0.1) is 0 Å². The Morgan fingerprint density at radius 1 is 0.900 bits per heavy atom. The molecule has 0 aliphatic carbocycles. The molecule has 0 aromatic carbocycles. The van der Waals surface area contributed by atoms with Crippen molar-refractivity contribution in [2.45, 2.75) is 0 Å². The molecule has 0 radical (unpaired) electrons. The Balaban J connectivity index is 2.10. The number of ether oxygens (including phenoxy) is 4. The lowest BCUT2D eigenvalue weighted by atomic mass is 10.5. The van der Waals surface area contributed by atoms with E-state index in [0.29, 0.717) is 11.5 Å². The van der Waals surface area contributed by atoms with Crippen LogP contribution in [0.15, 0.2) is 24.0 Å². The molecule has 10 heavy (non-hydrogen) atoms. The predicted molar refractivity (Wildman–Crippen MR) is 30.2 cm³/mol. The zero-order chi connectivity index (χ0) is 6.81. The minimum atomic E-state index is 0.260. The largest absolute Gasteiger partial charge is 0.461 e. The monoisotopic (exact) mass is 142 g/mol. The van der Waals surface area contributed by atoms with Crippen molar-refractivity contribution in [2.24, 2.45) is 0 Å². The Bertz CT molecular complexity index is 172. The van der Waals surface area contributed by atoms with Crippen LogP contribution in [0.4, 0.5) is 0 Å². The van der Waals surface area contributed by atoms with Gasteiger partial charge in [-0.15, -0.1) is 0 Å². The van der Waals surface area contributed by atoms with Crippen molar-refractivity contribution in [1.82, 2.24) is 0 Å². The maximum Gasteiger partial charge on any atom is 0.230 e. The fourth-order valence-electron chi connectivity index (χ4n) is 0.741. The molecule has 0 amide bonds. The third-order valence-electron chi connectivity index (χ3n) is 1.19. The lowest BCUT2D eigenvalue weighted by Gasteiger charge is -1.98. The van der Waals surface area contributed by atoms with Crippen molar-refractivity contribution in [3.8, 4) is 0 Å². The highest BCUT2D eigenvalue weighted by atomic mass is 16.7. The predicted octanol–water partition coefficient (Wildman–Crippen LogP) is 0.678. The molecule has 0 fully saturated rings. The van der Waals surface area contributed by atoms with Gasteiger partial charge in [-0.05, 0) is 0 Å². The van der Waals surface area contributed by atoms with E-state index in [0.717, 1.165) is 0 Å². The molecule has 4 nitrogen and oxygen atoms in total. The van der Waals surface area contributed by atoms with E-state index in [1.807, 2.05) is 0 Å². The summed E-state index contributed by atoms with van der Waals surface area (Å²) in [4.78, 5) is 0. The van der Waals surface area contributed by atoms with E-state index in [1.165, 1.54) is 12.5 Å². The van der Waals surface area contributed by atoms with Crippen molar-refractivity contribution >= 4 is 0 Å². The van der Waals surface area contributed by atoms with Gasteiger partial charge >= 0.3 is 0 Å². The van der Waals surface area contributed by atoms with Crippen LogP contribution in [-0.4, -0.2) is 13.6 Å². The Morgan fingerprint density at radius 2 is 1.40 bits per heavy atom. The first-order valence-corrected chi connectivity index (χ1v) is 2.86. The fourth-order valence-corrected chi connectivity index (χ4v) is 0.741. The maximum atomic E-state index is 5.00. The molecule has 54 valence electrons. The Hall–Kier alpha value is -1.32. The first kappa shape index (κ1) is 5.46. The zero-order valence-corrected chi connectivity index (χ0v) is 5.20. The molecule has 4 heteroatoms. The SMILES string of the molecule is C1=C(C2=COCO2)OCO1. The molecule has 2 heterocycles. The van der Waals surface area contributed by atoms with Crippen LogP contribution in [0.2, 0.25) is 0 Å². The van der Waals surface area contributed by atoms with E-state index in [2.05, 4.69) is 0 Å². The second kappa shape index (κ2) is 2.13. The van der Waals surface area contributed by atoms with Gasteiger partial charge in [-0.25, -0.2) is 0 Å². The van der Waals surface area contributed by atoms with Gasteiger partial charge in [0.25, 0.3) is 0 Å². The van der Waals surface area contributed by atoms with Crippen LogP contribution in [-0.2, 0) is 18.9 Å². The van der Waals surface area contributed by atoms with Crippen LogP contribution in [0.1, 0.15) is 0 Å². The quantitative estimate of drug-likeness (QED) is 0.539. The number of hydrogen-bond acceptors (Lipinski definition) is 4. The summed E-state index contributed by atoms with van der Waals surface area (Å²) >= 11 is 0. The molecular weight excluding hydrogens is 136 g/mol. The van der Waals surface area contributed by atoms with Gasteiger partial charge in [-0.2, -0.15) is 0 Å². The molecule has 0 saturated heterocycles. The molecule has 0 unspecified atom stereocenters. The summed E-state index contributed by atoms with van der Waals surface area (Å²) in [6, 6.07) is 0. The fraction of sp³-hybridized carbons (Fsp3) is 0.333. The second-order valence-corrected chi connectivity index (χ2v) is 1.82. The molecular formula is C6H6O4. The van der Waals surface area contributed by atoms with Gasteiger partial charge in [-0.1, -0.05) is 0 Å². The van der Waals surface area contributed by atoms with Crippen LogP contribution in [0.25, 0.3) is 0 Å². The average molecular weight is 142 g/mol. The van der Waals surface area contributed by atoms with Crippen LogP contribution in [0.5, 0.6) is 0 Å². The van der Waals surface area contributed by atoms with Crippen LogP contribution >= 0.6 is 0 Å². The summed E-state index contributed by atoms with van der Waals surface area (Å²) in [7, 11) is 0. The summed E-state index contributed by atoms with van der Waals surface area (Å²) in [5.74, 6) is 1.19. The molecule has 0 bridgehead atoms. The Morgan fingerprint density at radius 3 is 1.70 bits per heavy atom. The van der Waals surface area contributed by atoms with Crippen molar-refractivity contribution in [3.05, 3.63) is 24.0 Å². The number of hydrogen-bond donors (Lipinski definition) is 0. The van der Waals surface area contributed by atoms with Crippen molar-refractivity contribution in [1.29, 1.82) is 0 Å². The van der Waals surface area contributed by atoms with Gasteiger partial charge in [0.1, 0.15) is 12.5 Å². The lowest BCUT2D eigenvalue weighted by Crippen LogP contribution is -1.91. The highest BCUT2D eigenvalue weighted by molar-refractivity contribution is 5.18.